The first-order valence-corrected chi connectivity index (χ1v) is 7.85. The average Bonchev–Trinajstić information content (AvgIpc) is 2.61. The predicted molar refractivity (Wildman–Crippen MR) is 91.1 cm³/mol. The largest absolute Gasteiger partial charge is 0.486 e. The Labute approximate surface area is 144 Å². The SMILES string of the molecule is Cc1ccc(CN(C)C(=O)c2cc3c(cc2[N+](=O)[O-])OCCO3)cc1. The molecule has 0 saturated heterocycles. The third-order valence-electron chi connectivity index (χ3n) is 3.97. The molecule has 0 radical (unpaired) electrons. The highest BCUT2D eigenvalue weighted by Gasteiger charge is 2.28. The Morgan fingerprint density at radius 1 is 1.16 bits per heavy atom. The second kappa shape index (κ2) is 6.80. The lowest BCUT2D eigenvalue weighted by atomic mass is 10.1. The molecule has 2 aromatic carbocycles. The van der Waals surface area contributed by atoms with Gasteiger partial charge >= 0.3 is 0 Å². The number of nitrogens with zero attached hydrogens (tertiary/aromatic N) is 2. The van der Waals surface area contributed by atoms with Gasteiger partial charge < -0.3 is 14.4 Å². The van der Waals surface area contributed by atoms with Crippen molar-refractivity contribution < 1.29 is 19.2 Å². The lowest BCUT2D eigenvalue weighted by molar-refractivity contribution is -0.385. The lowest BCUT2D eigenvalue weighted by Crippen LogP contribution is -2.27. The maximum absolute atomic E-state index is 12.8. The van der Waals surface area contributed by atoms with E-state index in [1.54, 1.807) is 7.05 Å². The predicted octanol–water partition coefficient (Wildman–Crippen LogP) is 2.95. The van der Waals surface area contributed by atoms with Crippen molar-refractivity contribution in [2.24, 2.45) is 0 Å². The van der Waals surface area contributed by atoms with E-state index in [4.69, 9.17) is 9.47 Å². The second-order valence-electron chi connectivity index (χ2n) is 5.92. The number of nitro benzene ring substituents is 1. The molecule has 0 bridgehead atoms. The monoisotopic (exact) mass is 342 g/mol. The van der Waals surface area contributed by atoms with E-state index in [0.717, 1.165) is 11.1 Å². The number of nitro groups is 1. The molecule has 1 heterocycles. The summed E-state index contributed by atoms with van der Waals surface area (Å²) in [4.78, 5) is 25.0. The number of hydrogen-bond acceptors (Lipinski definition) is 5. The molecule has 0 N–H and O–H groups in total. The van der Waals surface area contributed by atoms with Gasteiger partial charge in [-0.15, -0.1) is 0 Å². The van der Waals surface area contributed by atoms with Crippen LogP contribution in [0, 0.1) is 17.0 Å². The summed E-state index contributed by atoms with van der Waals surface area (Å²) >= 11 is 0. The van der Waals surface area contributed by atoms with E-state index in [2.05, 4.69) is 0 Å². The molecule has 130 valence electrons. The quantitative estimate of drug-likeness (QED) is 0.630. The van der Waals surface area contributed by atoms with Gasteiger partial charge in [-0.3, -0.25) is 14.9 Å². The molecule has 0 unspecified atom stereocenters. The number of benzene rings is 2. The second-order valence-corrected chi connectivity index (χ2v) is 5.92. The van der Waals surface area contributed by atoms with Crippen LogP contribution >= 0.6 is 0 Å². The van der Waals surface area contributed by atoms with Gasteiger partial charge in [0.2, 0.25) is 0 Å². The Kier molecular flexibility index (Phi) is 4.56. The number of carbonyl (C=O) groups excluding carboxylic acids is 1. The Morgan fingerprint density at radius 3 is 2.36 bits per heavy atom. The van der Waals surface area contributed by atoms with E-state index in [9.17, 15) is 14.9 Å². The van der Waals surface area contributed by atoms with E-state index in [1.807, 2.05) is 31.2 Å². The normalized spacial score (nSPS) is 12.6. The van der Waals surface area contributed by atoms with Crippen molar-refractivity contribution in [3.63, 3.8) is 0 Å². The van der Waals surface area contributed by atoms with Crippen LogP contribution in [0.3, 0.4) is 0 Å². The number of rotatable bonds is 4. The first-order chi connectivity index (χ1) is 12.0. The van der Waals surface area contributed by atoms with Gasteiger partial charge in [0.15, 0.2) is 11.5 Å². The number of aryl methyl sites for hydroxylation is 1. The molecule has 0 saturated carbocycles. The van der Waals surface area contributed by atoms with Crippen molar-refractivity contribution in [2.75, 3.05) is 20.3 Å². The van der Waals surface area contributed by atoms with Crippen LogP contribution in [0.4, 0.5) is 5.69 Å². The van der Waals surface area contributed by atoms with Gasteiger partial charge in [0.1, 0.15) is 18.8 Å². The number of amides is 1. The summed E-state index contributed by atoms with van der Waals surface area (Å²) in [5.41, 5.74) is 1.77. The van der Waals surface area contributed by atoms with Gasteiger partial charge in [-0.25, -0.2) is 0 Å². The molecule has 3 rings (SSSR count). The Bertz CT molecular complexity index is 817. The van der Waals surface area contributed by atoms with Crippen molar-refractivity contribution in [2.45, 2.75) is 13.5 Å². The molecule has 0 atom stereocenters. The van der Waals surface area contributed by atoms with Gasteiger partial charge in [-0.1, -0.05) is 29.8 Å². The number of fused-ring (bicyclic) bond motifs is 1. The summed E-state index contributed by atoms with van der Waals surface area (Å²) in [6.07, 6.45) is 0. The van der Waals surface area contributed by atoms with E-state index in [1.165, 1.54) is 17.0 Å². The topological polar surface area (TPSA) is 81.9 Å². The molecule has 1 aliphatic rings. The minimum Gasteiger partial charge on any atom is -0.486 e. The van der Waals surface area contributed by atoms with Gasteiger partial charge in [-0.05, 0) is 12.5 Å². The Balaban J connectivity index is 1.89. The minimum absolute atomic E-state index is 0.0103. The summed E-state index contributed by atoms with van der Waals surface area (Å²) in [6.45, 7) is 3.00. The Morgan fingerprint density at radius 2 is 1.76 bits per heavy atom. The van der Waals surface area contributed by atoms with Crippen LogP contribution < -0.4 is 9.47 Å². The van der Waals surface area contributed by atoms with Gasteiger partial charge in [0.25, 0.3) is 11.6 Å². The molecule has 0 aromatic heterocycles. The van der Waals surface area contributed by atoms with Crippen LogP contribution in [0.15, 0.2) is 36.4 Å². The summed E-state index contributed by atoms with van der Waals surface area (Å²) in [7, 11) is 1.61. The first kappa shape index (κ1) is 16.8. The van der Waals surface area contributed by atoms with Crippen molar-refractivity contribution in [3.8, 4) is 11.5 Å². The smallest absolute Gasteiger partial charge is 0.286 e. The summed E-state index contributed by atoms with van der Waals surface area (Å²) in [5.74, 6) is 0.198. The highest BCUT2D eigenvalue weighted by Crippen LogP contribution is 2.37. The van der Waals surface area contributed by atoms with Crippen LogP contribution in [0.25, 0.3) is 0 Å². The summed E-state index contributed by atoms with van der Waals surface area (Å²) < 4.78 is 10.8. The third kappa shape index (κ3) is 3.55. The van der Waals surface area contributed by atoms with Gasteiger partial charge in [0.05, 0.1) is 11.0 Å². The molecule has 25 heavy (non-hydrogen) atoms. The van der Waals surface area contributed by atoms with Crippen LogP contribution in [-0.2, 0) is 6.54 Å². The maximum atomic E-state index is 12.8. The maximum Gasteiger partial charge on any atom is 0.286 e. The minimum atomic E-state index is -0.578. The van der Waals surface area contributed by atoms with Crippen LogP contribution in [0.2, 0.25) is 0 Å². The zero-order valence-electron chi connectivity index (χ0n) is 14.0. The van der Waals surface area contributed by atoms with Crippen molar-refractivity contribution in [1.82, 2.24) is 4.90 Å². The molecule has 0 spiro atoms. The highest BCUT2D eigenvalue weighted by atomic mass is 16.6. The van der Waals surface area contributed by atoms with Gasteiger partial charge in [-0.2, -0.15) is 0 Å². The molecular formula is C18H18N2O5. The molecular weight excluding hydrogens is 324 g/mol. The summed E-state index contributed by atoms with van der Waals surface area (Å²) in [6, 6.07) is 10.4. The van der Waals surface area contributed by atoms with Crippen molar-refractivity contribution in [3.05, 3.63) is 63.2 Å². The molecule has 1 aliphatic heterocycles. The van der Waals surface area contributed by atoms with Crippen LogP contribution in [-0.4, -0.2) is 36.0 Å². The molecule has 0 aliphatic carbocycles. The summed E-state index contributed by atoms with van der Waals surface area (Å²) in [5, 5.41) is 11.4. The van der Waals surface area contributed by atoms with Crippen LogP contribution in [0.1, 0.15) is 21.5 Å². The fraction of sp³-hybridized carbons (Fsp3) is 0.278. The highest BCUT2D eigenvalue weighted by molar-refractivity contribution is 5.99. The van der Waals surface area contributed by atoms with Crippen molar-refractivity contribution >= 4 is 11.6 Å². The lowest BCUT2D eigenvalue weighted by Gasteiger charge is -2.21. The molecule has 7 nitrogen and oxygen atoms in total. The Hall–Kier alpha value is -3.09. The standard InChI is InChI=1S/C18H18N2O5/c1-12-3-5-13(6-4-12)11-19(2)18(21)14-9-16-17(25-8-7-24-16)10-15(14)20(22)23/h3-6,9-10H,7-8,11H2,1-2H3. The van der Waals surface area contributed by atoms with Gasteiger partial charge in [0, 0.05) is 19.7 Å². The van der Waals surface area contributed by atoms with E-state index >= 15 is 0 Å². The van der Waals surface area contributed by atoms with Crippen molar-refractivity contribution in [1.29, 1.82) is 0 Å². The average molecular weight is 342 g/mol. The molecule has 2 aromatic rings. The molecule has 1 amide bonds. The number of hydrogen-bond donors (Lipinski definition) is 0. The van der Waals surface area contributed by atoms with Crippen LogP contribution in [0.5, 0.6) is 11.5 Å². The van der Waals surface area contributed by atoms with E-state index in [-0.39, 0.29) is 17.0 Å². The fourth-order valence-electron chi connectivity index (χ4n) is 2.65. The number of carbonyl (C=O) groups is 1. The van der Waals surface area contributed by atoms with E-state index in [0.29, 0.717) is 25.5 Å². The zero-order chi connectivity index (χ0) is 18.0. The number of ether oxygens (including phenoxy) is 2. The van der Waals surface area contributed by atoms with E-state index < -0.39 is 10.8 Å². The zero-order valence-corrected chi connectivity index (χ0v) is 14.0. The third-order valence-corrected chi connectivity index (χ3v) is 3.97. The first-order valence-electron chi connectivity index (χ1n) is 7.85. The molecule has 7 heteroatoms. The fourth-order valence-corrected chi connectivity index (χ4v) is 2.65. The molecule has 0 fully saturated rings.